The number of rotatable bonds is 1. The van der Waals surface area contributed by atoms with Gasteiger partial charge < -0.3 is 23.0 Å². The van der Waals surface area contributed by atoms with Crippen molar-refractivity contribution in [2.45, 2.75) is 19.3 Å². The van der Waals surface area contributed by atoms with Crippen LogP contribution in [0.15, 0.2) is 35.3 Å². The molecular formula is C14H16N4O5S. The van der Waals surface area contributed by atoms with Gasteiger partial charge >= 0.3 is 16.3 Å². The lowest BCUT2D eigenvalue weighted by atomic mass is 10.1. The first-order valence-electron chi connectivity index (χ1n) is 7.62. The van der Waals surface area contributed by atoms with Crippen molar-refractivity contribution < 1.29 is 21.6 Å². The van der Waals surface area contributed by atoms with E-state index in [1.165, 1.54) is 6.20 Å². The number of oxime groups is 1. The van der Waals surface area contributed by atoms with Crippen LogP contribution in [0.4, 0.5) is 0 Å². The van der Waals surface area contributed by atoms with Crippen molar-refractivity contribution in [2.24, 2.45) is 5.16 Å². The van der Waals surface area contributed by atoms with Gasteiger partial charge in [0.25, 0.3) is 0 Å². The first-order valence-corrected chi connectivity index (χ1v) is 8.96. The van der Waals surface area contributed by atoms with Crippen LogP contribution < -0.4 is 4.18 Å². The van der Waals surface area contributed by atoms with Gasteiger partial charge in [0.2, 0.25) is 5.88 Å². The molecule has 5 rings (SSSR count). The summed E-state index contributed by atoms with van der Waals surface area (Å²) in [6.45, 7) is 1.56. The summed E-state index contributed by atoms with van der Waals surface area (Å²) < 4.78 is 34.3. The van der Waals surface area contributed by atoms with E-state index in [4.69, 9.17) is 13.2 Å². The molecule has 1 saturated heterocycles. The maximum absolute atomic E-state index is 12.2. The molecule has 0 aliphatic carbocycles. The van der Waals surface area contributed by atoms with Gasteiger partial charge in [0.15, 0.2) is 11.7 Å². The molecule has 0 unspecified atom stereocenters. The number of fused-ring (bicyclic) bond motifs is 4. The van der Waals surface area contributed by atoms with Gasteiger partial charge in [-0.25, -0.2) is 4.98 Å². The number of likely N-dealkylation sites (tertiary alicyclic amines) is 1. The van der Waals surface area contributed by atoms with Gasteiger partial charge in [0.1, 0.15) is 0 Å². The molecule has 1 aromatic rings. The molecule has 9 nitrogen and oxygen atoms in total. The fraction of sp³-hybridized carbons (Fsp3) is 0.429. The highest BCUT2D eigenvalue weighted by Gasteiger charge is 2.38. The van der Waals surface area contributed by atoms with Crippen LogP contribution in [-0.4, -0.2) is 49.2 Å². The highest BCUT2D eigenvalue weighted by molar-refractivity contribution is 7.82. The summed E-state index contributed by atoms with van der Waals surface area (Å²) in [4.78, 5) is 13.0. The van der Waals surface area contributed by atoms with Crippen molar-refractivity contribution in [1.82, 2.24) is 14.8 Å². The SMILES string of the molecule is CN1C2=NOC(=C1N1CCCCC1)OS(=O)(=O)Oc1ncccc12. The van der Waals surface area contributed by atoms with Crippen LogP contribution in [0.1, 0.15) is 24.8 Å². The van der Waals surface area contributed by atoms with Crippen molar-refractivity contribution in [3.05, 3.63) is 35.7 Å². The van der Waals surface area contributed by atoms with E-state index >= 15 is 0 Å². The maximum atomic E-state index is 12.2. The summed E-state index contributed by atoms with van der Waals surface area (Å²) in [5.74, 6) is 0.607. The number of aromatic nitrogens is 1. The number of nitrogens with zero attached hydrogens (tertiary/aromatic N) is 4. The lowest BCUT2D eigenvalue weighted by molar-refractivity contribution is 0.0650. The topological polar surface area (TPSA) is 93.6 Å². The van der Waals surface area contributed by atoms with Crippen LogP contribution >= 0.6 is 0 Å². The monoisotopic (exact) mass is 352 g/mol. The Bertz CT molecular complexity index is 829. The highest BCUT2D eigenvalue weighted by Crippen LogP contribution is 2.32. The fourth-order valence-electron chi connectivity index (χ4n) is 2.99. The number of amidine groups is 1. The first kappa shape index (κ1) is 15.1. The first-order chi connectivity index (χ1) is 11.6. The molecule has 1 aromatic heterocycles. The molecule has 5 heterocycles. The lowest BCUT2D eigenvalue weighted by Crippen LogP contribution is -2.43. The molecule has 24 heavy (non-hydrogen) atoms. The van der Waals surface area contributed by atoms with E-state index in [9.17, 15) is 8.42 Å². The molecule has 0 radical (unpaired) electrons. The average molecular weight is 352 g/mol. The minimum Gasteiger partial charge on any atom is -0.352 e. The second-order valence-electron chi connectivity index (χ2n) is 5.66. The van der Waals surface area contributed by atoms with E-state index in [1.54, 1.807) is 24.1 Å². The summed E-state index contributed by atoms with van der Waals surface area (Å²) in [5, 5.41) is 3.99. The summed E-state index contributed by atoms with van der Waals surface area (Å²) in [7, 11) is -2.60. The Morgan fingerprint density at radius 2 is 1.96 bits per heavy atom. The molecule has 0 amide bonds. The third-order valence-electron chi connectivity index (χ3n) is 4.06. The Morgan fingerprint density at radius 1 is 1.17 bits per heavy atom. The zero-order chi connectivity index (χ0) is 16.7. The molecule has 0 saturated carbocycles. The minimum absolute atomic E-state index is 0.104. The van der Waals surface area contributed by atoms with Crippen LogP contribution in [-0.2, 0) is 19.4 Å². The second-order valence-corrected chi connectivity index (χ2v) is 6.80. The summed E-state index contributed by atoms with van der Waals surface area (Å²) >= 11 is 0. The Kier molecular flexibility index (Phi) is 3.48. The van der Waals surface area contributed by atoms with Gasteiger partial charge in [0, 0.05) is 26.3 Å². The van der Waals surface area contributed by atoms with Crippen LogP contribution in [0.2, 0.25) is 0 Å². The number of hydrogen-bond acceptors (Lipinski definition) is 9. The molecule has 10 heteroatoms. The highest BCUT2D eigenvalue weighted by atomic mass is 32.3. The van der Waals surface area contributed by atoms with E-state index in [2.05, 4.69) is 10.1 Å². The molecule has 0 N–H and O–H groups in total. The van der Waals surface area contributed by atoms with Crippen molar-refractivity contribution in [3.63, 3.8) is 0 Å². The van der Waals surface area contributed by atoms with E-state index in [0.717, 1.165) is 32.4 Å². The average Bonchev–Trinajstić information content (AvgIpc) is 2.63. The van der Waals surface area contributed by atoms with Crippen molar-refractivity contribution in [2.75, 3.05) is 20.1 Å². The number of piperidine rings is 1. The standard InChI is InChI=1S/C14H16N4O5S/c1-17-11-10-6-5-7-15-12(10)22-24(19,20)23-14(21-16-11)13(17)18-8-3-2-4-9-18/h5-7H,2-4,8-9H2,1H3. The second kappa shape index (κ2) is 5.55. The van der Waals surface area contributed by atoms with Crippen LogP contribution in [0.25, 0.3) is 0 Å². The number of hydrogen-bond donors (Lipinski definition) is 0. The predicted molar refractivity (Wildman–Crippen MR) is 82.7 cm³/mol. The smallest absolute Gasteiger partial charge is 0.352 e. The van der Waals surface area contributed by atoms with E-state index < -0.39 is 10.4 Å². The van der Waals surface area contributed by atoms with Crippen molar-refractivity contribution >= 4 is 16.2 Å². The molecule has 0 aromatic carbocycles. The van der Waals surface area contributed by atoms with Crippen molar-refractivity contribution in [1.29, 1.82) is 0 Å². The molecular weight excluding hydrogens is 336 g/mol. The van der Waals surface area contributed by atoms with Gasteiger partial charge in [-0.3, -0.25) is 0 Å². The molecule has 2 bridgehead atoms. The Balaban J connectivity index is 1.86. The largest absolute Gasteiger partial charge is 0.505 e. The Hall–Kier alpha value is -2.49. The van der Waals surface area contributed by atoms with Gasteiger partial charge in [0.05, 0.1) is 5.56 Å². The van der Waals surface area contributed by atoms with E-state index in [1.807, 2.05) is 4.90 Å². The number of pyridine rings is 1. The third kappa shape index (κ3) is 2.52. The van der Waals surface area contributed by atoms with E-state index in [-0.39, 0.29) is 11.8 Å². The third-order valence-corrected chi connectivity index (χ3v) is 4.78. The molecule has 4 aliphatic heterocycles. The summed E-state index contributed by atoms with van der Waals surface area (Å²) in [6.07, 6.45) is 4.60. The molecule has 128 valence electrons. The Morgan fingerprint density at radius 3 is 2.75 bits per heavy atom. The quantitative estimate of drug-likeness (QED) is 0.738. The minimum atomic E-state index is -4.38. The van der Waals surface area contributed by atoms with Crippen LogP contribution in [0, 0.1) is 0 Å². The van der Waals surface area contributed by atoms with Crippen molar-refractivity contribution in [3.8, 4) is 5.88 Å². The lowest BCUT2D eigenvalue weighted by Gasteiger charge is -2.37. The molecule has 4 aliphatic rings. The predicted octanol–water partition coefficient (Wildman–Crippen LogP) is 0.971. The Labute approximate surface area is 139 Å². The summed E-state index contributed by atoms with van der Waals surface area (Å²) in [6, 6.07) is 3.34. The van der Waals surface area contributed by atoms with Gasteiger partial charge in [-0.2, -0.15) is 0 Å². The van der Waals surface area contributed by atoms with Gasteiger partial charge in [-0.1, -0.05) is 5.16 Å². The zero-order valence-electron chi connectivity index (χ0n) is 13.0. The molecule has 0 atom stereocenters. The molecule has 0 spiro atoms. The fourth-order valence-corrected chi connectivity index (χ4v) is 3.64. The van der Waals surface area contributed by atoms with E-state index in [0.29, 0.717) is 17.2 Å². The van der Waals surface area contributed by atoms with Gasteiger partial charge in [-0.05, 0) is 31.4 Å². The maximum Gasteiger partial charge on any atom is 0.505 e. The molecule has 1 fully saturated rings. The van der Waals surface area contributed by atoms with Crippen LogP contribution in [0.3, 0.4) is 0 Å². The summed E-state index contributed by atoms with van der Waals surface area (Å²) in [5.41, 5.74) is 0.405. The zero-order valence-corrected chi connectivity index (χ0v) is 13.8. The van der Waals surface area contributed by atoms with Crippen LogP contribution in [0.5, 0.6) is 5.88 Å². The van der Waals surface area contributed by atoms with Gasteiger partial charge in [-0.15, -0.1) is 8.42 Å². The normalized spacial score (nSPS) is 22.3.